The molecule has 0 amide bonds. The van der Waals surface area contributed by atoms with Crippen molar-refractivity contribution in [1.82, 2.24) is 4.98 Å². The molecule has 0 bridgehead atoms. The highest BCUT2D eigenvalue weighted by Crippen LogP contribution is 2.25. The first-order valence-electron chi connectivity index (χ1n) is 5.12. The summed E-state index contributed by atoms with van der Waals surface area (Å²) in [7, 11) is 0. The maximum absolute atomic E-state index is 10.5. The SMILES string of the molecule is CCC(C)(O)CNc1ncc([N+](=O)[O-])cc1Br. The van der Waals surface area contributed by atoms with Crippen LogP contribution in [0.4, 0.5) is 11.5 Å². The Morgan fingerprint density at radius 3 is 2.82 bits per heavy atom. The minimum atomic E-state index is -0.830. The van der Waals surface area contributed by atoms with E-state index < -0.39 is 10.5 Å². The summed E-state index contributed by atoms with van der Waals surface area (Å²) < 4.78 is 0.499. The van der Waals surface area contributed by atoms with Gasteiger partial charge in [0.25, 0.3) is 5.69 Å². The molecule has 0 fully saturated rings. The summed E-state index contributed by atoms with van der Waals surface area (Å²) in [5.74, 6) is 0.476. The molecule has 1 aromatic heterocycles. The van der Waals surface area contributed by atoms with Gasteiger partial charge < -0.3 is 10.4 Å². The number of nitro groups is 1. The maximum Gasteiger partial charge on any atom is 0.288 e. The second-order valence-electron chi connectivity index (χ2n) is 3.99. The Morgan fingerprint density at radius 1 is 1.71 bits per heavy atom. The number of aromatic nitrogens is 1. The van der Waals surface area contributed by atoms with E-state index in [4.69, 9.17) is 0 Å². The first kappa shape index (κ1) is 13.9. The molecule has 1 aromatic rings. The Bertz CT molecular complexity index is 423. The van der Waals surface area contributed by atoms with Crippen molar-refractivity contribution in [3.63, 3.8) is 0 Å². The van der Waals surface area contributed by atoms with E-state index in [0.29, 0.717) is 23.3 Å². The van der Waals surface area contributed by atoms with Crippen molar-refractivity contribution in [3.8, 4) is 0 Å². The molecule has 0 saturated heterocycles. The number of rotatable bonds is 5. The van der Waals surface area contributed by atoms with Crippen LogP contribution in [0, 0.1) is 10.1 Å². The lowest BCUT2D eigenvalue weighted by Gasteiger charge is -2.22. The normalized spacial score (nSPS) is 14.1. The minimum absolute atomic E-state index is 0.0790. The smallest absolute Gasteiger partial charge is 0.288 e. The zero-order chi connectivity index (χ0) is 13.1. The molecule has 7 heteroatoms. The molecule has 0 radical (unpaired) electrons. The van der Waals surface area contributed by atoms with E-state index in [1.807, 2.05) is 6.92 Å². The largest absolute Gasteiger partial charge is 0.388 e. The first-order chi connectivity index (χ1) is 7.85. The van der Waals surface area contributed by atoms with Gasteiger partial charge in [-0.3, -0.25) is 10.1 Å². The van der Waals surface area contributed by atoms with Crippen molar-refractivity contribution < 1.29 is 10.0 Å². The third kappa shape index (κ3) is 3.94. The van der Waals surface area contributed by atoms with Crippen molar-refractivity contribution in [2.24, 2.45) is 0 Å². The number of anilines is 1. The molecule has 1 unspecified atom stereocenters. The molecule has 2 N–H and O–H groups in total. The molecule has 1 rings (SSSR count). The summed E-state index contributed by atoms with van der Waals surface area (Å²) in [6.07, 6.45) is 1.78. The van der Waals surface area contributed by atoms with Crippen LogP contribution in [-0.4, -0.2) is 27.2 Å². The number of nitrogens with zero attached hydrogens (tertiary/aromatic N) is 2. The zero-order valence-electron chi connectivity index (χ0n) is 9.61. The van der Waals surface area contributed by atoms with Crippen LogP contribution in [0.1, 0.15) is 20.3 Å². The molecular weight excluding hydrogens is 290 g/mol. The summed E-state index contributed by atoms with van der Waals surface area (Å²) in [5.41, 5.74) is -0.909. The Labute approximate surface area is 107 Å². The molecule has 17 heavy (non-hydrogen) atoms. The van der Waals surface area contributed by atoms with E-state index in [1.54, 1.807) is 6.92 Å². The van der Waals surface area contributed by atoms with Gasteiger partial charge in [0, 0.05) is 12.6 Å². The van der Waals surface area contributed by atoms with E-state index in [-0.39, 0.29) is 5.69 Å². The highest BCUT2D eigenvalue weighted by molar-refractivity contribution is 9.10. The van der Waals surface area contributed by atoms with Crippen LogP contribution in [0.25, 0.3) is 0 Å². The van der Waals surface area contributed by atoms with Gasteiger partial charge >= 0.3 is 0 Å². The predicted molar refractivity (Wildman–Crippen MR) is 68.0 cm³/mol. The Balaban J connectivity index is 2.77. The molecule has 0 aliphatic carbocycles. The van der Waals surface area contributed by atoms with Crippen molar-refractivity contribution in [2.45, 2.75) is 25.9 Å². The van der Waals surface area contributed by atoms with Crippen LogP contribution in [0.5, 0.6) is 0 Å². The number of halogens is 1. The quantitative estimate of drug-likeness (QED) is 0.644. The molecule has 0 aliphatic rings. The van der Waals surface area contributed by atoms with Gasteiger partial charge in [0.15, 0.2) is 0 Å². The van der Waals surface area contributed by atoms with Crippen molar-refractivity contribution in [1.29, 1.82) is 0 Å². The highest BCUT2D eigenvalue weighted by Gasteiger charge is 2.18. The van der Waals surface area contributed by atoms with Crippen LogP contribution < -0.4 is 5.32 Å². The Kier molecular flexibility index (Phi) is 4.41. The van der Waals surface area contributed by atoms with Crippen LogP contribution in [-0.2, 0) is 0 Å². The summed E-state index contributed by atoms with van der Waals surface area (Å²) in [4.78, 5) is 13.9. The van der Waals surface area contributed by atoms with E-state index >= 15 is 0 Å². The molecule has 1 atom stereocenters. The van der Waals surface area contributed by atoms with Gasteiger partial charge in [0.2, 0.25) is 0 Å². The lowest BCUT2D eigenvalue weighted by molar-refractivity contribution is -0.385. The van der Waals surface area contributed by atoms with Crippen molar-refractivity contribution >= 4 is 27.4 Å². The number of aliphatic hydroxyl groups is 1. The fourth-order valence-electron chi connectivity index (χ4n) is 1.06. The van der Waals surface area contributed by atoms with Gasteiger partial charge in [-0.2, -0.15) is 0 Å². The molecule has 1 heterocycles. The molecular formula is C10H14BrN3O3. The van der Waals surface area contributed by atoms with E-state index in [0.717, 1.165) is 0 Å². The van der Waals surface area contributed by atoms with E-state index in [2.05, 4.69) is 26.2 Å². The average Bonchev–Trinajstić information content (AvgIpc) is 2.27. The monoisotopic (exact) mass is 303 g/mol. The summed E-state index contributed by atoms with van der Waals surface area (Å²) in [6.45, 7) is 3.91. The van der Waals surface area contributed by atoms with E-state index in [1.165, 1.54) is 12.3 Å². The van der Waals surface area contributed by atoms with Gasteiger partial charge in [-0.1, -0.05) is 6.92 Å². The van der Waals surface area contributed by atoms with E-state index in [9.17, 15) is 15.2 Å². The molecule has 6 nitrogen and oxygen atoms in total. The van der Waals surface area contributed by atoms with Gasteiger partial charge in [0.1, 0.15) is 12.0 Å². The Morgan fingerprint density at radius 2 is 2.35 bits per heavy atom. The molecule has 0 aliphatic heterocycles. The second-order valence-corrected chi connectivity index (χ2v) is 4.84. The van der Waals surface area contributed by atoms with Gasteiger partial charge in [0.05, 0.1) is 15.0 Å². The average molecular weight is 304 g/mol. The predicted octanol–water partition coefficient (Wildman–Crippen LogP) is 2.33. The highest BCUT2D eigenvalue weighted by atomic mass is 79.9. The molecule has 94 valence electrons. The third-order valence-corrected chi connectivity index (χ3v) is 3.04. The standard InChI is InChI=1S/C10H14BrN3O3/c1-3-10(2,15)6-13-9-8(11)4-7(5-12-9)14(16)17/h4-5,15H,3,6H2,1-2H3,(H,12,13). The maximum atomic E-state index is 10.5. The number of hydrogen-bond acceptors (Lipinski definition) is 5. The summed E-state index contributed by atoms with van der Waals surface area (Å²) in [5, 5.41) is 23.3. The lowest BCUT2D eigenvalue weighted by atomic mass is 10.0. The van der Waals surface area contributed by atoms with Gasteiger partial charge in [-0.25, -0.2) is 4.98 Å². The fraction of sp³-hybridized carbons (Fsp3) is 0.500. The van der Waals surface area contributed by atoms with Crippen molar-refractivity contribution in [3.05, 3.63) is 26.9 Å². The molecule has 0 aromatic carbocycles. The van der Waals surface area contributed by atoms with Gasteiger partial charge in [-0.15, -0.1) is 0 Å². The van der Waals surface area contributed by atoms with Crippen LogP contribution in [0.3, 0.4) is 0 Å². The first-order valence-corrected chi connectivity index (χ1v) is 5.91. The second kappa shape index (κ2) is 5.42. The zero-order valence-corrected chi connectivity index (χ0v) is 11.2. The molecule has 0 saturated carbocycles. The molecule has 0 spiro atoms. The fourth-order valence-corrected chi connectivity index (χ4v) is 1.53. The van der Waals surface area contributed by atoms with Gasteiger partial charge in [-0.05, 0) is 29.3 Å². The Hall–Kier alpha value is -1.21. The third-order valence-electron chi connectivity index (χ3n) is 2.44. The topological polar surface area (TPSA) is 88.3 Å². The number of hydrogen-bond donors (Lipinski definition) is 2. The lowest BCUT2D eigenvalue weighted by Crippen LogP contribution is -2.32. The minimum Gasteiger partial charge on any atom is -0.388 e. The van der Waals surface area contributed by atoms with Crippen LogP contribution >= 0.6 is 15.9 Å². The number of nitrogens with one attached hydrogen (secondary N) is 1. The summed E-state index contributed by atoms with van der Waals surface area (Å²) >= 11 is 3.19. The van der Waals surface area contributed by atoms with Crippen molar-refractivity contribution in [2.75, 3.05) is 11.9 Å². The van der Waals surface area contributed by atoms with Crippen LogP contribution in [0.2, 0.25) is 0 Å². The summed E-state index contributed by atoms with van der Waals surface area (Å²) in [6, 6.07) is 1.37. The van der Waals surface area contributed by atoms with Crippen LogP contribution in [0.15, 0.2) is 16.7 Å². The number of pyridine rings is 1.